The lowest BCUT2D eigenvalue weighted by Crippen LogP contribution is -2.36. The minimum absolute atomic E-state index is 0.373. The predicted octanol–water partition coefficient (Wildman–Crippen LogP) is 0.848. The first-order valence-corrected chi connectivity index (χ1v) is 6.91. The average Bonchev–Trinajstić information content (AvgIpc) is 2.84. The van der Waals surface area contributed by atoms with Gasteiger partial charge in [0.25, 0.3) is 0 Å². The smallest absolute Gasteiger partial charge is 0.0897 e. The van der Waals surface area contributed by atoms with Crippen molar-refractivity contribution in [2.24, 2.45) is 0 Å². The molecule has 4 heteroatoms. The Morgan fingerprint density at radius 1 is 1.41 bits per heavy atom. The van der Waals surface area contributed by atoms with E-state index in [9.17, 15) is 5.11 Å². The van der Waals surface area contributed by atoms with Gasteiger partial charge in [-0.05, 0) is 26.4 Å². The van der Waals surface area contributed by atoms with Crippen LogP contribution in [0.1, 0.15) is 32.6 Å². The minimum atomic E-state index is -0.373. The number of aliphatic hydroxyl groups excluding tert-OH is 1. The van der Waals surface area contributed by atoms with Gasteiger partial charge in [-0.2, -0.15) is 0 Å². The second-order valence-corrected chi connectivity index (χ2v) is 4.99. The van der Waals surface area contributed by atoms with Gasteiger partial charge >= 0.3 is 0 Å². The normalized spacial score (nSPS) is 19.1. The molecular formula is C13H28N2O2. The zero-order chi connectivity index (χ0) is 12.5. The number of aliphatic hydroxyl groups is 1. The van der Waals surface area contributed by atoms with Crippen LogP contribution >= 0.6 is 0 Å². The van der Waals surface area contributed by atoms with Gasteiger partial charge in [0, 0.05) is 19.6 Å². The number of nitrogens with zero attached hydrogens (tertiary/aromatic N) is 1. The molecule has 0 bridgehead atoms. The highest BCUT2D eigenvalue weighted by atomic mass is 16.5. The summed E-state index contributed by atoms with van der Waals surface area (Å²) in [5.74, 6) is 0. The van der Waals surface area contributed by atoms with Gasteiger partial charge in [0.1, 0.15) is 0 Å². The summed E-state index contributed by atoms with van der Waals surface area (Å²) in [7, 11) is 2.10. The van der Waals surface area contributed by atoms with E-state index in [4.69, 9.17) is 4.74 Å². The molecule has 102 valence electrons. The second-order valence-electron chi connectivity index (χ2n) is 4.99. The van der Waals surface area contributed by atoms with E-state index in [1.165, 1.54) is 25.7 Å². The zero-order valence-corrected chi connectivity index (χ0v) is 11.3. The summed E-state index contributed by atoms with van der Waals surface area (Å²) in [5.41, 5.74) is 0. The van der Waals surface area contributed by atoms with Gasteiger partial charge in [-0.1, -0.05) is 19.8 Å². The number of hydrogen-bond acceptors (Lipinski definition) is 4. The summed E-state index contributed by atoms with van der Waals surface area (Å²) in [6.45, 7) is 6.25. The molecule has 0 spiro atoms. The fraction of sp³-hybridized carbons (Fsp3) is 1.00. The molecule has 1 atom stereocenters. The molecule has 0 saturated heterocycles. The van der Waals surface area contributed by atoms with Crippen LogP contribution in [-0.2, 0) is 4.74 Å². The van der Waals surface area contributed by atoms with Crippen molar-refractivity contribution in [3.63, 3.8) is 0 Å². The first-order chi connectivity index (χ1) is 8.22. The molecule has 0 heterocycles. The molecule has 2 N–H and O–H groups in total. The predicted molar refractivity (Wildman–Crippen MR) is 70.3 cm³/mol. The quantitative estimate of drug-likeness (QED) is 0.590. The standard InChI is InChI=1S/C13H28N2O2/c1-3-15(2)9-8-14-10-12(16)11-17-13-6-4-5-7-13/h12-14,16H,3-11H2,1-2H3. The van der Waals surface area contributed by atoms with Crippen molar-refractivity contribution < 1.29 is 9.84 Å². The summed E-state index contributed by atoms with van der Waals surface area (Å²) in [5, 5.41) is 13.0. The van der Waals surface area contributed by atoms with E-state index in [1.807, 2.05) is 0 Å². The lowest BCUT2D eigenvalue weighted by molar-refractivity contribution is -0.00543. The highest BCUT2D eigenvalue weighted by molar-refractivity contribution is 4.68. The van der Waals surface area contributed by atoms with Gasteiger partial charge in [-0.3, -0.25) is 0 Å². The molecule has 1 unspecified atom stereocenters. The van der Waals surface area contributed by atoms with E-state index < -0.39 is 0 Å². The summed E-state index contributed by atoms with van der Waals surface area (Å²) >= 11 is 0. The third-order valence-corrected chi connectivity index (χ3v) is 3.42. The van der Waals surface area contributed by atoms with Crippen LogP contribution in [0.15, 0.2) is 0 Å². The van der Waals surface area contributed by atoms with Crippen molar-refractivity contribution in [3.8, 4) is 0 Å². The lowest BCUT2D eigenvalue weighted by atomic mass is 10.3. The fourth-order valence-corrected chi connectivity index (χ4v) is 2.06. The topological polar surface area (TPSA) is 44.7 Å². The molecule has 1 saturated carbocycles. The summed E-state index contributed by atoms with van der Waals surface area (Å²) in [4.78, 5) is 2.24. The van der Waals surface area contributed by atoms with Crippen LogP contribution < -0.4 is 5.32 Å². The van der Waals surface area contributed by atoms with Crippen LogP contribution in [0.2, 0.25) is 0 Å². The van der Waals surface area contributed by atoms with Crippen LogP contribution in [0, 0.1) is 0 Å². The third-order valence-electron chi connectivity index (χ3n) is 3.42. The SMILES string of the molecule is CCN(C)CCNCC(O)COC1CCCC1. The molecule has 0 aromatic heterocycles. The number of nitrogens with one attached hydrogen (secondary N) is 1. The van der Waals surface area contributed by atoms with Crippen molar-refractivity contribution in [2.45, 2.75) is 44.8 Å². The number of hydrogen-bond donors (Lipinski definition) is 2. The molecule has 0 radical (unpaired) electrons. The van der Waals surface area contributed by atoms with E-state index in [0.29, 0.717) is 19.3 Å². The maximum Gasteiger partial charge on any atom is 0.0897 e. The molecular weight excluding hydrogens is 216 g/mol. The number of likely N-dealkylation sites (N-methyl/N-ethyl adjacent to an activating group) is 1. The number of ether oxygens (including phenoxy) is 1. The fourth-order valence-electron chi connectivity index (χ4n) is 2.06. The third kappa shape index (κ3) is 6.99. The van der Waals surface area contributed by atoms with E-state index in [2.05, 4.69) is 24.2 Å². The van der Waals surface area contributed by atoms with Gasteiger partial charge < -0.3 is 20.1 Å². The first-order valence-electron chi connectivity index (χ1n) is 6.91. The molecule has 1 aliphatic rings. The van der Waals surface area contributed by atoms with Crippen LogP contribution in [0.25, 0.3) is 0 Å². The van der Waals surface area contributed by atoms with Gasteiger partial charge in [-0.25, -0.2) is 0 Å². The van der Waals surface area contributed by atoms with Gasteiger partial charge in [-0.15, -0.1) is 0 Å². The zero-order valence-electron chi connectivity index (χ0n) is 11.3. The Morgan fingerprint density at radius 2 is 2.12 bits per heavy atom. The molecule has 0 amide bonds. The highest BCUT2D eigenvalue weighted by Crippen LogP contribution is 2.20. The van der Waals surface area contributed by atoms with Crippen LogP contribution in [-0.4, -0.2) is 62.0 Å². The summed E-state index contributed by atoms with van der Waals surface area (Å²) in [6, 6.07) is 0. The van der Waals surface area contributed by atoms with Gasteiger partial charge in [0.05, 0.1) is 18.8 Å². The van der Waals surface area contributed by atoms with Crippen molar-refractivity contribution in [1.29, 1.82) is 0 Å². The Bertz CT molecular complexity index is 184. The summed E-state index contributed by atoms with van der Waals surface area (Å²) in [6.07, 6.45) is 4.92. The molecule has 0 aliphatic heterocycles. The average molecular weight is 244 g/mol. The minimum Gasteiger partial charge on any atom is -0.389 e. The van der Waals surface area contributed by atoms with Crippen LogP contribution in [0.3, 0.4) is 0 Å². The maximum atomic E-state index is 9.73. The Labute approximate surface area is 105 Å². The Balaban J connectivity index is 1.91. The second kappa shape index (κ2) is 8.86. The Morgan fingerprint density at radius 3 is 2.76 bits per heavy atom. The van der Waals surface area contributed by atoms with E-state index in [-0.39, 0.29) is 6.10 Å². The molecule has 1 fully saturated rings. The molecule has 0 aromatic carbocycles. The van der Waals surface area contributed by atoms with E-state index in [1.54, 1.807) is 0 Å². The lowest BCUT2D eigenvalue weighted by Gasteiger charge is -2.17. The van der Waals surface area contributed by atoms with Crippen LogP contribution in [0.4, 0.5) is 0 Å². The molecule has 1 aliphatic carbocycles. The van der Waals surface area contributed by atoms with Crippen LogP contribution in [0.5, 0.6) is 0 Å². The molecule has 0 aromatic rings. The van der Waals surface area contributed by atoms with Crippen molar-refractivity contribution in [2.75, 3.05) is 39.8 Å². The maximum absolute atomic E-state index is 9.73. The van der Waals surface area contributed by atoms with Crippen molar-refractivity contribution >= 4 is 0 Å². The number of rotatable bonds is 9. The van der Waals surface area contributed by atoms with E-state index >= 15 is 0 Å². The van der Waals surface area contributed by atoms with E-state index in [0.717, 1.165) is 19.6 Å². The van der Waals surface area contributed by atoms with Crippen molar-refractivity contribution in [3.05, 3.63) is 0 Å². The van der Waals surface area contributed by atoms with Gasteiger partial charge in [0.15, 0.2) is 0 Å². The Hall–Kier alpha value is -0.160. The van der Waals surface area contributed by atoms with Gasteiger partial charge in [0.2, 0.25) is 0 Å². The highest BCUT2D eigenvalue weighted by Gasteiger charge is 2.16. The molecule has 17 heavy (non-hydrogen) atoms. The summed E-state index contributed by atoms with van der Waals surface area (Å²) < 4.78 is 5.66. The molecule has 1 rings (SSSR count). The Kier molecular flexibility index (Phi) is 7.77. The van der Waals surface area contributed by atoms with Crippen molar-refractivity contribution in [1.82, 2.24) is 10.2 Å². The first kappa shape index (κ1) is 14.9. The monoisotopic (exact) mass is 244 g/mol. The molecule has 4 nitrogen and oxygen atoms in total. The largest absolute Gasteiger partial charge is 0.389 e.